The van der Waals surface area contributed by atoms with Gasteiger partial charge in [0.25, 0.3) is 0 Å². The quantitative estimate of drug-likeness (QED) is 0.181. The highest BCUT2D eigenvalue weighted by Crippen LogP contribution is 2.47. The molecule has 0 spiro atoms. The van der Waals surface area contributed by atoms with Crippen LogP contribution in [0.1, 0.15) is 34.6 Å². The van der Waals surface area contributed by atoms with Crippen LogP contribution in [0.5, 0.6) is 0 Å². The molecule has 0 N–H and O–H groups in total. The van der Waals surface area contributed by atoms with E-state index in [4.69, 9.17) is 9.47 Å². The monoisotopic (exact) mass is 420 g/mol. The van der Waals surface area contributed by atoms with E-state index in [0.717, 1.165) is 53.9 Å². The zero-order valence-electron chi connectivity index (χ0n) is 17.8. The molecule has 4 heteroatoms. The summed E-state index contributed by atoms with van der Waals surface area (Å²) in [5, 5.41) is 10.1. The summed E-state index contributed by atoms with van der Waals surface area (Å²) in [5.74, 6) is -1.01. The van der Waals surface area contributed by atoms with Gasteiger partial charge in [-0.2, -0.15) is 0 Å². The fourth-order valence-corrected chi connectivity index (χ4v) is 5.24. The first kappa shape index (κ1) is 18.8. The van der Waals surface area contributed by atoms with E-state index in [2.05, 4.69) is 36.4 Å². The van der Waals surface area contributed by atoms with Crippen LogP contribution in [0.25, 0.3) is 53.9 Å². The minimum absolute atomic E-state index is 0.224. The number of hydrogen-bond donors (Lipinski definition) is 0. The SMILES string of the molecule is CCOC(=O)c1c(C(=O)OCC)c2ccc3cccc4c5cccc6ccc1c(c65)c2c34. The van der Waals surface area contributed by atoms with Crippen LogP contribution in [-0.4, -0.2) is 25.2 Å². The molecule has 32 heavy (non-hydrogen) atoms. The smallest absolute Gasteiger partial charge is 0.339 e. The number of carbonyl (C=O) groups excluding carboxylic acids is 2. The molecule has 0 aromatic heterocycles. The lowest BCUT2D eigenvalue weighted by atomic mass is 9.82. The standard InChI is InChI=1S/C28H20O4/c1-3-31-27(29)25-19-13-11-15-7-5-9-17-18-10-6-8-16-12-14-20(26(25)28(30)32-4-2)24(22(16)18)23(19)21(15)17/h5-14H,3-4H2,1-2H3. The summed E-state index contributed by atoms with van der Waals surface area (Å²) in [6.07, 6.45) is 0. The molecule has 0 atom stereocenters. The summed E-state index contributed by atoms with van der Waals surface area (Å²) in [6, 6.07) is 20.4. The maximum Gasteiger partial charge on any atom is 0.339 e. The average Bonchev–Trinajstić information content (AvgIpc) is 2.81. The topological polar surface area (TPSA) is 52.6 Å². The largest absolute Gasteiger partial charge is 0.462 e. The summed E-state index contributed by atoms with van der Waals surface area (Å²) < 4.78 is 10.8. The van der Waals surface area contributed by atoms with Crippen molar-refractivity contribution in [2.24, 2.45) is 0 Å². The molecule has 0 saturated heterocycles. The molecule has 0 bridgehead atoms. The van der Waals surface area contributed by atoms with Crippen molar-refractivity contribution in [3.05, 3.63) is 71.8 Å². The molecule has 6 aromatic rings. The van der Waals surface area contributed by atoms with E-state index in [9.17, 15) is 9.59 Å². The van der Waals surface area contributed by atoms with Crippen LogP contribution in [0, 0.1) is 0 Å². The van der Waals surface area contributed by atoms with Crippen molar-refractivity contribution in [3.8, 4) is 0 Å². The number of carbonyl (C=O) groups is 2. The normalized spacial score (nSPS) is 11.9. The molecule has 156 valence electrons. The Bertz CT molecular complexity index is 1550. The Morgan fingerprint density at radius 1 is 0.562 bits per heavy atom. The predicted octanol–water partition coefficient (Wildman–Crippen LogP) is 6.68. The second-order valence-electron chi connectivity index (χ2n) is 7.97. The Kier molecular flexibility index (Phi) is 3.99. The minimum Gasteiger partial charge on any atom is -0.462 e. The first-order valence-corrected chi connectivity index (χ1v) is 10.9. The third kappa shape index (κ3) is 2.32. The van der Waals surface area contributed by atoms with Gasteiger partial charge in [0.1, 0.15) is 0 Å². The first-order chi connectivity index (χ1) is 15.7. The Balaban J connectivity index is 1.97. The number of hydrogen-bond acceptors (Lipinski definition) is 4. The summed E-state index contributed by atoms with van der Waals surface area (Å²) >= 11 is 0. The number of esters is 2. The van der Waals surface area contributed by atoms with Crippen LogP contribution in [-0.2, 0) is 9.47 Å². The van der Waals surface area contributed by atoms with Crippen LogP contribution < -0.4 is 0 Å². The van der Waals surface area contributed by atoms with Crippen molar-refractivity contribution in [3.63, 3.8) is 0 Å². The van der Waals surface area contributed by atoms with E-state index in [1.807, 2.05) is 24.3 Å². The molecule has 0 amide bonds. The molecular weight excluding hydrogens is 400 g/mol. The fraction of sp³-hybridized carbons (Fsp3) is 0.143. The molecule has 0 radical (unpaired) electrons. The fourth-order valence-electron chi connectivity index (χ4n) is 5.24. The molecule has 0 unspecified atom stereocenters. The summed E-state index contributed by atoms with van der Waals surface area (Å²) in [5.41, 5.74) is 0.562. The summed E-state index contributed by atoms with van der Waals surface area (Å²) in [6.45, 7) is 3.98. The van der Waals surface area contributed by atoms with Gasteiger partial charge in [-0.1, -0.05) is 60.7 Å². The third-order valence-electron chi connectivity index (χ3n) is 6.38. The van der Waals surface area contributed by atoms with Gasteiger partial charge in [0.15, 0.2) is 0 Å². The van der Waals surface area contributed by atoms with Gasteiger partial charge in [0.05, 0.1) is 24.3 Å². The van der Waals surface area contributed by atoms with E-state index in [1.165, 1.54) is 0 Å². The van der Waals surface area contributed by atoms with Crippen LogP contribution in [0.4, 0.5) is 0 Å². The number of ether oxygens (including phenoxy) is 2. The Labute approximate surface area is 184 Å². The zero-order chi connectivity index (χ0) is 22.0. The summed E-state index contributed by atoms with van der Waals surface area (Å²) in [7, 11) is 0. The molecule has 6 aromatic carbocycles. The lowest BCUT2D eigenvalue weighted by Gasteiger charge is -2.21. The highest BCUT2D eigenvalue weighted by Gasteiger charge is 2.29. The van der Waals surface area contributed by atoms with Gasteiger partial charge in [-0.05, 0) is 67.7 Å². The van der Waals surface area contributed by atoms with Gasteiger partial charge >= 0.3 is 11.9 Å². The molecular formula is C28H20O4. The van der Waals surface area contributed by atoms with Gasteiger partial charge in [-0.3, -0.25) is 0 Å². The van der Waals surface area contributed by atoms with E-state index in [1.54, 1.807) is 13.8 Å². The lowest BCUT2D eigenvalue weighted by molar-refractivity contribution is 0.0482. The molecule has 0 aliphatic heterocycles. The van der Waals surface area contributed by atoms with E-state index in [0.29, 0.717) is 0 Å². The Morgan fingerprint density at radius 3 is 1.41 bits per heavy atom. The molecule has 4 nitrogen and oxygen atoms in total. The maximum absolute atomic E-state index is 13.2. The second-order valence-corrected chi connectivity index (χ2v) is 7.97. The van der Waals surface area contributed by atoms with Gasteiger partial charge in [-0.25, -0.2) is 9.59 Å². The minimum atomic E-state index is -0.506. The van der Waals surface area contributed by atoms with Crippen LogP contribution in [0.15, 0.2) is 60.7 Å². The van der Waals surface area contributed by atoms with Gasteiger partial charge in [0.2, 0.25) is 0 Å². The lowest BCUT2D eigenvalue weighted by Crippen LogP contribution is -2.16. The molecule has 0 heterocycles. The highest BCUT2D eigenvalue weighted by molar-refractivity contribution is 6.42. The van der Waals surface area contributed by atoms with Crippen molar-refractivity contribution in [1.29, 1.82) is 0 Å². The number of fused-ring (bicyclic) bond motifs is 1. The van der Waals surface area contributed by atoms with Crippen LogP contribution >= 0.6 is 0 Å². The van der Waals surface area contributed by atoms with Gasteiger partial charge < -0.3 is 9.47 Å². The molecule has 0 fully saturated rings. The zero-order valence-corrected chi connectivity index (χ0v) is 17.8. The van der Waals surface area contributed by atoms with Crippen molar-refractivity contribution < 1.29 is 19.1 Å². The van der Waals surface area contributed by atoms with Crippen LogP contribution in [0.2, 0.25) is 0 Å². The van der Waals surface area contributed by atoms with Crippen molar-refractivity contribution in [1.82, 2.24) is 0 Å². The molecule has 0 aliphatic carbocycles. The average molecular weight is 420 g/mol. The molecule has 6 rings (SSSR count). The molecule has 0 aliphatic rings. The van der Waals surface area contributed by atoms with Crippen molar-refractivity contribution >= 4 is 65.8 Å². The van der Waals surface area contributed by atoms with E-state index in [-0.39, 0.29) is 24.3 Å². The van der Waals surface area contributed by atoms with Crippen molar-refractivity contribution in [2.45, 2.75) is 13.8 Å². The van der Waals surface area contributed by atoms with Crippen molar-refractivity contribution in [2.75, 3.05) is 13.2 Å². The Morgan fingerprint density at radius 2 is 1.00 bits per heavy atom. The highest BCUT2D eigenvalue weighted by atomic mass is 16.5. The predicted molar refractivity (Wildman–Crippen MR) is 128 cm³/mol. The summed E-state index contributed by atoms with van der Waals surface area (Å²) in [4.78, 5) is 26.4. The van der Waals surface area contributed by atoms with E-state index < -0.39 is 11.9 Å². The third-order valence-corrected chi connectivity index (χ3v) is 6.38. The van der Waals surface area contributed by atoms with Crippen LogP contribution in [0.3, 0.4) is 0 Å². The maximum atomic E-state index is 13.2. The van der Waals surface area contributed by atoms with Gasteiger partial charge in [0, 0.05) is 0 Å². The first-order valence-electron chi connectivity index (χ1n) is 10.9. The Hall–Kier alpha value is -3.92. The van der Waals surface area contributed by atoms with Gasteiger partial charge in [-0.15, -0.1) is 0 Å². The molecule has 0 saturated carbocycles. The second kappa shape index (κ2) is 6.79. The van der Waals surface area contributed by atoms with E-state index >= 15 is 0 Å². The number of benzene rings is 6. The number of rotatable bonds is 4.